The molecule has 0 amide bonds. The molecule has 0 atom stereocenters. The van der Waals surface area contributed by atoms with Gasteiger partial charge in [-0.05, 0) is 25.0 Å². The molecule has 1 aromatic carbocycles. The summed E-state index contributed by atoms with van der Waals surface area (Å²) in [4.78, 5) is 10.7. The van der Waals surface area contributed by atoms with Gasteiger partial charge in [-0.2, -0.15) is 0 Å². The lowest BCUT2D eigenvalue weighted by atomic mass is 10.1. The molecule has 15 heavy (non-hydrogen) atoms. The van der Waals surface area contributed by atoms with E-state index in [9.17, 15) is 4.79 Å². The molecule has 0 unspecified atom stereocenters. The third-order valence-corrected chi connectivity index (χ3v) is 1.95. The topological polar surface area (TPSA) is 29.1 Å². The van der Waals surface area contributed by atoms with Crippen molar-refractivity contribution in [3.8, 4) is 0 Å². The summed E-state index contributed by atoms with van der Waals surface area (Å²) in [6.07, 6.45) is 0. The van der Waals surface area contributed by atoms with Gasteiger partial charge in [-0.25, -0.2) is 0 Å². The van der Waals surface area contributed by atoms with Gasteiger partial charge in [-0.15, -0.1) is 0 Å². The lowest BCUT2D eigenvalue weighted by Crippen LogP contribution is -2.20. The maximum Gasteiger partial charge on any atom is 0.143 e. The third-order valence-electron chi connectivity index (χ3n) is 1.95. The van der Waals surface area contributed by atoms with Gasteiger partial charge in [0, 0.05) is 6.54 Å². The molecule has 0 radical (unpaired) electrons. The number of Topliss-reactive ketones (excluding diaryl/α,β-unsaturated/α-hetero) is 1. The highest BCUT2D eigenvalue weighted by molar-refractivity contribution is 5.77. The minimum absolute atomic E-state index is 0.175. The molecule has 0 saturated heterocycles. The SMILES string of the molecule is CC.CC(=O)CNCc1ccccc1C. The number of rotatable bonds is 4. The molecule has 2 heteroatoms. The van der Waals surface area contributed by atoms with Crippen LogP contribution in [0.2, 0.25) is 0 Å². The first-order valence-electron chi connectivity index (χ1n) is 5.45. The highest BCUT2D eigenvalue weighted by atomic mass is 16.1. The Labute approximate surface area is 92.7 Å². The molecule has 0 aromatic heterocycles. The summed E-state index contributed by atoms with van der Waals surface area (Å²) in [5, 5.41) is 3.09. The maximum absolute atomic E-state index is 10.7. The Morgan fingerprint density at radius 3 is 2.40 bits per heavy atom. The van der Waals surface area contributed by atoms with Crippen molar-refractivity contribution in [1.29, 1.82) is 0 Å². The number of hydrogen-bond donors (Lipinski definition) is 1. The van der Waals surface area contributed by atoms with Crippen molar-refractivity contribution in [1.82, 2.24) is 5.32 Å². The Morgan fingerprint density at radius 2 is 1.87 bits per heavy atom. The van der Waals surface area contributed by atoms with Gasteiger partial charge in [0.15, 0.2) is 0 Å². The fourth-order valence-electron chi connectivity index (χ4n) is 1.18. The van der Waals surface area contributed by atoms with E-state index in [0.717, 1.165) is 6.54 Å². The summed E-state index contributed by atoms with van der Waals surface area (Å²) in [5.41, 5.74) is 2.52. The van der Waals surface area contributed by atoms with Crippen LogP contribution in [0.25, 0.3) is 0 Å². The van der Waals surface area contributed by atoms with E-state index >= 15 is 0 Å². The summed E-state index contributed by atoms with van der Waals surface area (Å²) in [6.45, 7) is 8.89. The van der Waals surface area contributed by atoms with E-state index in [4.69, 9.17) is 0 Å². The van der Waals surface area contributed by atoms with Gasteiger partial charge < -0.3 is 5.32 Å². The minimum Gasteiger partial charge on any atom is -0.306 e. The van der Waals surface area contributed by atoms with Crippen LogP contribution in [-0.4, -0.2) is 12.3 Å². The molecule has 0 heterocycles. The second-order valence-electron chi connectivity index (χ2n) is 3.23. The van der Waals surface area contributed by atoms with Crippen LogP contribution in [0, 0.1) is 6.92 Å². The molecule has 1 rings (SSSR count). The van der Waals surface area contributed by atoms with E-state index in [1.165, 1.54) is 11.1 Å². The molecule has 1 N–H and O–H groups in total. The van der Waals surface area contributed by atoms with Crippen molar-refractivity contribution in [3.63, 3.8) is 0 Å². The first kappa shape index (κ1) is 13.8. The summed E-state index contributed by atoms with van der Waals surface area (Å²) >= 11 is 0. The third kappa shape index (κ3) is 6.02. The molecule has 1 aromatic rings. The smallest absolute Gasteiger partial charge is 0.143 e. The fourth-order valence-corrected chi connectivity index (χ4v) is 1.18. The highest BCUT2D eigenvalue weighted by Gasteiger charge is 1.96. The fraction of sp³-hybridized carbons (Fsp3) is 0.462. The number of hydrogen-bond acceptors (Lipinski definition) is 2. The van der Waals surface area contributed by atoms with Crippen molar-refractivity contribution in [2.24, 2.45) is 0 Å². The summed E-state index contributed by atoms with van der Waals surface area (Å²) in [7, 11) is 0. The molecule has 84 valence electrons. The Balaban J connectivity index is 0.000000921. The standard InChI is InChI=1S/C11H15NO.C2H6/c1-9-5-3-4-6-11(9)8-12-7-10(2)13;1-2/h3-6,12H,7-8H2,1-2H3;1-2H3. The molecule has 0 spiro atoms. The van der Waals surface area contributed by atoms with Crippen molar-refractivity contribution in [3.05, 3.63) is 35.4 Å². The highest BCUT2D eigenvalue weighted by Crippen LogP contribution is 2.05. The molecule has 0 saturated carbocycles. The van der Waals surface area contributed by atoms with Crippen LogP contribution >= 0.6 is 0 Å². The lowest BCUT2D eigenvalue weighted by Gasteiger charge is -2.05. The first-order valence-corrected chi connectivity index (χ1v) is 5.45. The molecular formula is C13H21NO. The number of nitrogens with one attached hydrogen (secondary N) is 1. The predicted molar refractivity (Wildman–Crippen MR) is 64.9 cm³/mol. The van der Waals surface area contributed by atoms with Crippen LogP contribution in [0.4, 0.5) is 0 Å². The largest absolute Gasteiger partial charge is 0.306 e. The van der Waals surface area contributed by atoms with Gasteiger partial charge in [0.1, 0.15) is 5.78 Å². The van der Waals surface area contributed by atoms with Crippen LogP contribution in [-0.2, 0) is 11.3 Å². The van der Waals surface area contributed by atoms with Gasteiger partial charge >= 0.3 is 0 Å². The van der Waals surface area contributed by atoms with Gasteiger partial charge in [0.2, 0.25) is 0 Å². The van der Waals surface area contributed by atoms with Crippen LogP contribution in [0.5, 0.6) is 0 Å². The summed E-state index contributed by atoms with van der Waals surface area (Å²) in [6, 6.07) is 8.18. The monoisotopic (exact) mass is 207 g/mol. The van der Waals surface area contributed by atoms with Crippen molar-refractivity contribution in [2.75, 3.05) is 6.54 Å². The van der Waals surface area contributed by atoms with Gasteiger partial charge in [-0.3, -0.25) is 4.79 Å². The van der Waals surface area contributed by atoms with Crippen molar-refractivity contribution < 1.29 is 4.79 Å². The summed E-state index contributed by atoms with van der Waals surface area (Å²) in [5.74, 6) is 0.175. The zero-order valence-corrected chi connectivity index (χ0v) is 10.1. The maximum atomic E-state index is 10.7. The minimum atomic E-state index is 0.175. The quantitative estimate of drug-likeness (QED) is 0.822. The number of carbonyl (C=O) groups excluding carboxylic acids is 1. The van der Waals surface area contributed by atoms with Crippen LogP contribution in [0.1, 0.15) is 31.9 Å². The molecule has 0 fully saturated rings. The first-order chi connectivity index (χ1) is 7.20. The number of carbonyl (C=O) groups is 1. The molecule has 0 aliphatic heterocycles. The zero-order valence-electron chi connectivity index (χ0n) is 10.1. The van der Waals surface area contributed by atoms with Gasteiger partial charge in [0.25, 0.3) is 0 Å². The lowest BCUT2D eigenvalue weighted by molar-refractivity contribution is -0.116. The zero-order chi connectivity index (χ0) is 11.7. The van der Waals surface area contributed by atoms with Crippen molar-refractivity contribution in [2.45, 2.75) is 34.2 Å². The molecule has 0 bridgehead atoms. The molecule has 0 aliphatic rings. The van der Waals surface area contributed by atoms with Crippen molar-refractivity contribution >= 4 is 5.78 Å². The number of aryl methyl sites for hydroxylation is 1. The molecular weight excluding hydrogens is 186 g/mol. The van der Waals surface area contributed by atoms with Gasteiger partial charge in [0.05, 0.1) is 6.54 Å². The van der Waals surface area contributed by atoms with E-state index in [1.54, 1.807) is 6.92 Å². The summed E-state index contributed by atoms with van der Waals surface area (Å²) < 4.78 is 0. The number of ketones is 1. The van der Waals surface area contributed by atoms with E-state index in [0.29, 0.717) is 6.54 Å². The van der Waals surface area contributed by atoms with E-state index in [1.807, 2.05) is 26.0 Å². The number of benzene rings is 1. The second kappa shape index (κ2) is 8.18. The average Bonchev–Trinajstić information content (AvgIpc) is 2.23. The van der Waals surface area contributed by atoms with E-state index < -0.39 is 0 Å². The Morgan fingerprint density at radius 1 is 1.27 bits per heavy atom. The molecule has 0 aliphatic carbocycles. The van der Waals surface area contributed by atoms with Crippen LogP contribution in [0.3, 0.4) is 0 Å². The predicted octanol–water partition coefficient (Wildman–Crippen LogP) is 2.70. The van der Waals surface area contributed by atoms with E-state index in [2.05, 4.69) is 24.4 Å². The van der Waals surface area contributed by atoms with E-state index in [-0.39, 0.29) is 5.78 Å². The Hall–Kier alpha value is -1.15. The van der Waals surface area contributed by atoms with Crippen LogP contribution < -0.4 is 5.32 Å². The Bertz CT molecular complexity index is 294. The second-order valence-corrected chi connectivity index (χ2v) is 3.23. The average molecular weight is 207 g/mol. The normalized spacial score (nSPS) is 9.07. The van der Waals surface area contributed by atoms with Crippen LogP contribution in [0.15, 0.2) is 24.3 Å². The molecule has 2 nitrogen and oxygen atoms in total. The van der Waals surface area contributed by atoms with Gasteiger partial charge in [-0.1, -0.05) is 38.1 Å². The Kier molecular flexibility index (Phi) is 7.56.